The number of aromatic nitrogens is 3. The van der Waals surface area contributed by atoms with Crippen LogP contribution in [0.4, 0.5) is 4.79 Å². The number of carbonyl (C=O) groups excluding carboxylic acids is 2. The summed E-state index contributed by atoms with van der Waals surface area (Å²) in [5.41, 5.74) is 5.98. The topological polar surface area (TPSA) is 86.6 Å². The van der Waals surface area contributed by atoms with Gasteiger partial charge in [-0.3, -0.25) is 14.7 Å². The van der Waals surface area contributed by atoms with Gasteiger partial charge in [0, 0.05) is 63.9 Å². The van der Waals surface area contributed by atoms with Crippen LogP contribution in [0.1, 0.15) is 72.5 Å². The highest BCUT2D eigenvalue weighted by Crippen LogP contribution is 2.37. The van der Waals surface area contributed by atoms with E-state index in [0.29, 0.717) is 32.7 Å². The van der Waals surface area contributed by atoms with Crippen molar-refractivity contribution in [2.24, 2.45) is 0 Å². The van der Waals surface area contributed by atoms with Crippen molar-refractivity contribution in [3.05, 3.63) is 120 Å². The Balaban J connectivity index is 1.20. The number of hydrogen-bond acceptors (Lipinski definition) is 5. The predicted molar refractivity (Wildman–Crippen MR) is 186 cm³/mol. The van der Waals surface area contributed by atoms with Crippen LogP contribution < -0.4 is 5.32 Å². The van der Waals surface area contributed by atoms with Crippen LogP contribution in [0.15, 0.2) is 91.6 Å². The molecule has 1 aliphatic heterocycles. The largest absolute Gasteiger partial charge is 0.337 e. The normalized spacial score (nSPS) is 20.0. The summed E-state index contributed by atoms with van der Waals surface area (Å²) in [6.45, 7) is 3.42. The molecular weight excluding hydrogens is 598 g/mol. The van der Waals surface area contributed by atoms with E-state index >= 15 is 0 Å². The van der Waals surface area contributed by atoms with Gasteiger partial charge in [-0.1, -0.05) is 79.9 Å². The molecule has 0 bridgehead atoms. The molecule has 1 saturated carbocycles. The van der Waals surface area contributed by atoms with Gasteiger partial charge in [-0.15, -0.1) is 0 Å². The van der Waals surface area contributed by atoms with Crippen molar-refractivity contribution in [2.75, 3.05) is 26.2 Å². The highest BCUT2D eigenvalue weighted by atomic mass is 16.2. The van der Waals surface area contributed by atoms with Gasteiger partial charge in [-0.25, -0.2) is 9.78 Å². The summed E-state index contributed by atoms with van der Waals surface area (Å²) in [6, 6.07) is 22.4. The Hall–Kier alpha value is -4.50. The van der Waals surface area contributed by atoms with E-state index in [2.05, 4.69) is 57.7 Å². The number of imidazole rings is 1. The lowest BCUT2D eigenvalue weighted by Crippen LogP contribution is -2.64. The molecule has 1 saturated heterocycles. The van der Waals surface area contributed by atoms with Crippen LogP contribution in [0.5, 0.6) is 0 Å². The van der Waals surface area contributed by atoms with E-state index < -0.39 is 6.04 Å². The summed E-state index contributed by atoms with van der Waals surface area (Å²) in [7, 11) is 0. The van der Waals surface area contributed by atoms with E-state index in [-0.39, 0.29) is 24.0 Å². The van der Waals surface area contributed by atoms with Crippen LogP contribution in [-0.4, -0.2) is 79.4 Å². The molecule has 0 spiro atoms. The second kappa shape index (κ2) is 15.2. The zero-order valence-corrected chi connectivity index (χ0v) is 27.8. The number of pyridine rings is 1. The average molecular weight is 646 g/mol. The van der Waals surface area contributed by atoms with Gasteiger partial charge in [0.25, 0.3) is 0 Å². The van der Waals surface area contributed by atoms with E-state index in [1.54, 1.807) is 6.20 Å². The fourth-order valence-corrected chi connectivity index (χ4v) is 7.87. The first kappa shape index (κ1) is 32.1. The van der Waals surface area contributed by atoms with Gasteiger partial charge in [0.05, 0.1) is 18.1 Å². The van der Waals surface area contributed by atoms with E-state index in [4.69, 9.17) is 4.98 Å². The maximum atomic E-state index is 14.9. The molecule has 7 rings (SSSR count). The van der Waals surface area contributed by atoms with Gasteiger partial charge >= 0.3 is 6.03 Å². The maximum Gasteiger partial charge on any atom is 0.318 e. The number of urea groups is 1. The first-order chi connectivity index (χ1) is 23.6. The Morgan fingerprint density at radius 1 is 0.875 bits per heavy atom. The SMILES string of the molecule is O=C([C@H]1CN(C2c3ccccc3CCc3cccnc32)CCN1C(=O)NC1CCCCC1)N(CCCn1ccnc1)Cc1ccccc1. The smallest absolute Gasteiger partial charge is 0.318 e. The van der Waals surface area contributed by atoms with Crippen LogP contribution in [0.25, 0.3) is 0 Å². The zero-order chi connectivity index (χ0) is 32.7. The Morgan fingerprint density at radius 3 is 2.50 bits per heavy atom. The summed E-state index contributed by atoms with van der Waals surface area (Å²) in [5, 5.41) is 3.33. The monoisotopic (exact) mass is 645 g/mol. The lowest BCUT2D eigenvalue weighted by atomic mass is 9.94. The molecule has 1 N–H and O–H groups in total. The number of amides is 3. The minimum absolute atomic E-state index is 0.00358. The number of carbonyl (C=O) groups is 2. The number of piperazine rings is 1. The standard InChI is InChI=1S/C39H47N7O2/c47-38(45(27-30-11-3-1-4-12-30)23-10-22-43-24-21-40-29-43)35-28-44(25-26-46(35)39(48)42-33-15-5-2-6-16-33)37-34-17-8-7-13-31(34)18-19-32-14-9-20-41-36(32)37/h1,3-4,7-9,11-14,17,20-21,24,29,33,35,37H,2,5-6,10,15-16,18-19,22-23,25-28H2,(H,42,48)/t35-,37?/m1/s1. The maximum absolute atomic E-state index is 14.9. The number of rotatable bonds is 9. The third-order valence-corrected chi connectivity index (χ3v) is 10.4. The van der Waals surface area contributed by atoms with Gasteiger partial charge in [0.1, 0.15) is 6.04 Å². The molecule has 3 aliphatic rings. The molecular formula is C39H47N7O2. The van der Waals surface area contributed by atoms with Crippen molar-refractivity contribution in [3.63, 3.8) is 0 Å². The predicted octanol–water partition coefficient (Wildman–Crippen LogP) is 5.61. The van der Waals surface area contributed by atoms with Crippen LogP contribution in [0, 0.1) is 0 Å². The Bertz CT molecular complexity index is 1610. The van der Waals surface area contributed by atoms with E-state index in [0.717, 1.165) is 62.7 Å². The highest BCUT2D eigenvalue weighted by Gasteiger charge is 2.42. The molecule has 250 valence electrons. The Labute approximate surface area is 284 Å². The molecule has 2 aromatic heterocycles. The lowest BCUT2D eigenvalue weighted by Gasteiger charge is -2.45. The molecule has 3 heterocycles. The van der Waals surface area contributed by atoms with Crippen molar-refractivity contribution in [1.29, 1.82) is 0 Å². The van der Waals surface area contributed by atoms with Gasteiger partial charge in [-0.05, 0) is 60.4 Å². The molecule has 1 unspecified atom stereocenters. The number of benzene rings is 2. The fraction of sp³-hybridized carbons (Fsp3) is 0.436. The third kappa shape index (κ3) is 7.31. The molecule has 4 aromatic rings. The minimum Gasteiger partial charge on any atom is -0.337 e. The molecule has 2 aromatic carbocycles. The second-order valence-electron chi connectivity index (χ2n) is 13.5. The van der Waals surface area contributed by atoms with Crippen LogP contribution >= 0.6 is 0 Å². The Kier molecular flexibility index (Phi) is 10.1. The fourth-order valence-electron chi connectivity index (χ4n) is 7.87. The quantitative estimate of drug-likeness (QED) is 0.256. The van der Waals surface area contributed by atoms with Gasteiger partial charge in [0.15, 0.2) is 0 Å². The summed E-state index contributed by atoms with van der Waals surface area (Å²) >= 11 is 0. The first-order valence-electron chi connectivity index (χ1n) is 17.8. The second-order valence-corrected chi connectivity index (χ2v) is 13.5. The first-order valence-corrected chi connectivity index (χ1v) is 17.8. The number of hydrogen-bond donors (Lipinski definition) is 1. The molecule has 3 amide bonds. The molecule has 9 nitrogen and oxygen atoms in total. The van der Waals surface area contributed by atoms with Gasteiger partial charge in [0.2, 0.25) is 5.91 Å². The number of fused-ring (bicyclic) bond motifs is 2. The van der Waals surface area contributed by atoms with Crippen LogP contribution in [0.3, 0.4) is 0 Å². The van der Waals surface area contributed by atoms with Crippen LogP contribution in [-0.2, 0) is 30.7 Å². The van der Waals surface area contributed by atoms with Crippen LogP contribution in [0.2, 0.25) is 0 Å². The molecule has 2 aliphatic carbocycles. The number of aryl methyl sites for hydroxylation is 3. The van der Waals surface area contributed by atoms with E-state index in [1.165, 1.54) is 23.1 Å². The molecule has 2 fully saturated rings. The van der Waals surface area contributed by atoms with Crippen molar-refractivity contribution < 1.29 is 9.59 Å². The van der Waals surface area contributed by atoms with Crippen molar-refractivity contribution in [2.45, 2.75) is 82.6 Å². The van der Waals surface area contributed by atoms with E-state index in [1.807, 2.05) is 57.4 Å². The average Bonchev–Trinajstić information content (AvgIpc) is 3.59. The molecule has 0 radical (unpaired) electrons. The number of nitrogens with zero attached hydrogens (tertiary/aromatic N) is 6. The highest BCUT2D eigenvalue weighted by molar-refractivity contribution is 5.88. The van der Waals surface area contributed by atoms with Crippen molar-refractivity contribution in [1.82, 2.24) is 34.6 Å². The Morgan fingerprint density at radius 2 is 1.67 bits per heavy atom. The lowest BCUT2D eigenvalue weighted by molar-refractivity contribution is -0.139. The van der Waals surface area contributed by atoms with Crippen molar-refractivity contribution in [3.8, 4) is 0 Å². The van der Waals surface area contributed by atoms with Gasteiger partial charge < -0.3 is 19.7 Å². The van der Waals surface area contributed by atoms with Gasteiger partial charge in [-0.2, -0.15) is 0 Å². The summed E-state index contributed by atoms with van der Waals surface area (Å²) in [6.07, 6.45) is 15.6. The minimum atomic E-state index is -0.623. The third-order valence-electron chi connectivity index (χ3n) is 10.4. The van der Waals surface area contributed by atoms with Crippen molar-refractivity contribution >= 4 is 11.9 Å². The van der Waals surface area contributed by atoms with E-state index in [9.17, 15) is 9.59 Å². The molecule has 48 heavy (non-hydrogen) atoms. The summed E-state index contributed by atoms with van der Waals surface area (Å²) in [5.74, 6) is -0.00358. The molecule has 9 heteroatoms. The summed E-state index contributed by atoms with van der Waals surface area (Å²) < 4.78 is 2.05. The summed E-state index contributed by atoms with van der Waals surface area (Å²) in [4.78, 5) is 44.4. The number of nitrogens with one attached hydrogen (secondary N) is 1. The zero-order valence-electron chi connectivity index (χ0n) is 27.8. The molecule has 2 atom stereocenters.